The van der Waals surface area contributed by atoms with E-state index in [-0.39, 0.29) is 11.9 Å². The molecule has 0 spiro atoms. The second-order valence-corrected chi connectivity index (χ2v) is 6.31. The first-order valence-electron chi connectivity index (χ1n) is 7.69. The highest BCUT2D eigenvalue weighted by Gasteiger charge is 2.18. The summed E-state index contributed by atoms with van der Waals surface area (Å²) in [7, 11) is 0. The monoisotopic (exact) mass is 367 g/mol. The first-order valence-corrected chi connectivity index (χ1v) is 8.48. The molecule has 1 aromatic rings. The summed E-state index contributed by atoms with van der Waals surface area (Å²) in [6, 6.07) is 7.92. The van der Waals surface area contributed by atoms with Crippen LogP contribution in [0.15, 0.2) is 28.7 Å². The van der Waals surface area contributed by atoms with Crippen molar-refractivity contribution < 1.29 is 9.59 Å². The molecule has 1 saturated heterocycles. The van der Waals surface area contributed by atoms with Crippen molar-refractivity contribution in [2.75, 3.05) is 26.2 Å². The fraction of sp³-hybridized carbons (Fsp3) is 0.500. The summed E-state index contributed by atoms with van der Waals surface area (Å²) in [4.78, 5) is 24.9. The fourth-order valence-corrected chi connectivity index (χ4v) is 2.71. The molecule has 1 aliphatic heterocycles. The second kappa shape index (κ2) is 8.78. The lowest BCUT2D eigenvalue weighted by Crippen LogP contribution is -2.38. The maximum absolute atomic E-state index is 11.6. The number of rotatable bonds is 7. The number of urea groups is 1. The summed E-state index contributed by atoms with van der Waals surface area (Å²) in [6.07, 6.45) is 3.24. The van der Waals surface area contributed by atoms with Crippen molar-refractivity contribution in [1.29, 1.82) is 0 Å². The van der Waals surface area contributed by atoms with Crippen molar-refractivity contribution in [2.45, 2.75) is 25.7 Å². The Morgan fingerprint density at radius 1 is 1.18 bits per heavy atom. The third-order valence-corrected chi connectivity index (χ3v) is 4.20. The molecule has 0 atom stereocenters. The van der Waals surface area contributed by atoms with Crippen molar-refractivity contribution in [3.05, 3.63) is 34.3 Å². The van der Waals surface area contributed by atoms with Crippen LogP contribution in [0.1, 0.15) is 24.8 Å². The van der Waals surface area contributed by atoms with Gasteiger partial charge in [-0.1, -0.05) is 28.1 Å². The molecule has 0 unspecified atom stereocenters. The Labute approximate surface area is 139 Å². The topological polar surface area (TPSA) is 61.4 Å². The standard InChI is InChI=1S/C16H22BrN3O2/c17-14-6-4-13(5-7-14)8-10-19-16(22)18-9-2-12-20-11-1-3-15(20)21/h4-7H,1-3,8-12H2,(H2,18,19,22). The van der Waals surface area contributed by atoms with Gasteiger partial charge in [0, 0.05) is 37.1 Å². The Morgan fingerprint density at radius 2 is 1.91 bits per heavy atom. The van der Waals surface area contributed by atoms with Gasteiger partial charge in [-0.2, -0.15) is 0 Å². The van der Waals surface area contributed by atoms with E-state index in [0.29, 0.717) is 19.5 Å². The Bertz CT molecular complexity index is 505. The lowest BCUT2D eigenvalue weighted by atomic mass is 10.1. The highest BCUT2D eigenvalue weighted by Crippen LogP contribution is 2.10. The number of benzene rings is 1. The van der Waals surface area contributed by atoms with E-state index < -0.39 is 0 Å². The van der Waals surface area contributed by atoms with Gasteiger partial charge in [0.2, 0.25) is 5.91 Å². The van der Waals surface area contributed by atoms with Gasteiger partial charge in [0.25, 0.3) is 0 Å². The van der Waals surface area contributed by atoms with E-state index in [1.807, 2.05) is 29.2 Å². The number of amides is 3. The first-order chi connectivity index (χ1) is 10.6. The molecule has 0 radical (unpaired) electrons. The van der Waals surface area contributed by atoms with E-state index in [4.69, 9.17) is 0 Å². The van der Waals surface area contributed by atoms with Gasteiger partial charge in [-0.05, 0) is 37.0 Å². The fourth-order valence-electron chi connectivity index (χ4n) is 2.45. The maximum atomic E-state index is 11.6. The van der Waals surface area contributed by atoms with Crippen LogP contribution in [0, 0.1) is 0 Å². The molecule has 22 heavy (non-hydrogen) atoms. The summed E-state index contributed by atoms with van der Waals surface area (Å²) in [6.45, 7) is 2.79. The van der Waals surface area contributed by atoms with E-state index in [9.17, 15) is 9.59 Å². The molecule has 6 heteroatoms. The van der Waals surface area contributed by atoms with Crippen LogP contribution in [0.3, 0.4) is 0 Å². The van der Waals surface area contributed by atoms with Gasteiger partial charge < -0.3 is 15.5 Å². The highest BCUT2D eigenvalue weighted by atomic mass is 79.9. The van der Waals surface area contributed by atoms with Crippen LogP contribution < -0.4 is 10.6 Å². The minimum Gasteiger partial charge on any atom is -0.343 e. The molecular formula is C16H22BrN3O2. The number of hydrogen-bond acceptors (Lipinski definition) is 2. The zero-order valence-corrected chi connectivity index (χ0v) is 14.2. The third-order valence-electron chi connectivity index (χ3n) is 3.67. The van der Waals surface area contributed by atoms with Crippen molar-refractivity contribution in [3.8, 4) is 0 Å². The lowest BCUT2D eigenvalue weighted by Gasteiger charge is -2.15. The molecule has 1 heterocycles. The number of hydrogen-bond donors (Lipinski definition) is 2. The lowest BCUT2D eigenvalue weighted by molar-refractivity contribution is -0.127. The maximum Gasteiger partial charge on any atom is 0.314 e. The van der Waals surface area contributed by atoms with Crippen LogP contribution in [-0.2, 0) is 11.2 Å². The van der Waals surface area contributed by atoms with Gasteiger partial charge in [-0.15, -0.1) is 0 Å². The Kier molecular flexibility index (Phi) is 6.71. The van der Waals surface area contributed by atoms with Gasteiger partial charge in [-0.25, -0.2) is 4.79 Å². The van der Waals surface area contributed by atoms with Crippen LogP contribution in [-0.4, -0.2) is 43.0 Å². The molecule has 5 nitrogen and oxygen atoms in total. The molecule has 1 aliphatic rings. The quantitative estimate of drug-likeness (QED) is 0.726. The van der Waals surface area contributed by atoms with E-state index >= 15 is 0 Å². The summed E-state index contributed by atoms with van der Waals surface area (Å²) in [5.41, 5.74) is 1.19. The van der Waals surface area contributed by atoms with Gasteiger partial charge in [0.05, 0.1) is 0 Å². The van der Waals surface area contributed by atoms with E-state index in [1.54, 1.807) is 0 Å². The average Bonchev–Trinajstić information content (AvgIpc) is 2.91. The van der Waals surface area contributed by atoms with Gasteiger partial charge >= 0.3 is 6.03 Å². The van der Waals surface area contributed by atoms with E-state index in [0.717, 1.165) is 36.8 Å². The molecule has 120 valence electrons. The predicted molar refractivity (Wildman–Crippen MR) is 89.7 cm³/mol. The van der Waals surface area contributed by atoms with Crippen molar-refractivity contribution in [2.24, 2.45) is 0 Å². The van der Waals surface area contributed by atoms with E-state index in [1.165, 1.54) is 5.56 Å². The molecule has 0 aliphatic carbocycles. The zero-order chi connectivity index (χ0) is 15.8. The first kappa shape index (κ1) is 16.8. The molecule has 0 bridgehead atoms. The smallest absolute Gasteiger partial charge is 0.314 e. The Balaban J connectivity index is 1.52. The molecule has 1 aromatic carbocycles. The van der Waals surface area contributed by atoms with Crippen LogP contribution in [0.4, 0.5) is 4.79 Å². The number of nitrogens with one attached hydrogen (secondary N) is 2. The third kappa shape index (κ3) is 5.67. The SMILES string of the molecule is O=C(NCCCN1CCCC1=O)NCCc1ccc(Br)cc1. The Morgan fingerprint density at radius 3 is 2.59 bits per heavy atom. The van der Waals surface area contributed by atoms with Crippen LogP contribution in [0.5, 0.6) is 0 Å². The van der Waals surface area contributed by atoms with Crippen LogP contribution in [0.25, 0.3) is 0 Å². The van der Waals surface area contributed by atoms with Crippen molar-refractivity contribution in [3.63, 3.8) is 0 Å². The molecule has 0 saturated carbocycles. The molecule has 1 fully saturated rings. The van der Waals surface area contributed by atoms with E-state index in [2.05, 4.69) is 26.6 Å². The van der Waals surface area contributed by atoms with Gasteiger partial charge in [0.1, 0.15) is 0 Å². The zero-order valence-electron chi connectivity index (χ0n) is 12.6. The molecule has 2 N–H and O–H groups in total. The molecule has 0 aromatic heterocycles. The molecular weight excluding hydrogens is 346 g/mol. The predicted octanol–water partition coefficient (Wildman–Crippen LogP) is 2.30. The van der Waals surface area contributed by atoms with Crippen LogP contribution >= 0.6 is 15.9 Å². The Hall–Kier alpha value is -1.56. The largest absolute Gasteiger partial charge is 0.343 e. The van der Waals surface area contributed by atoms with Gasteiger partial charge in [-0.3, -0.25) is 4.79 Å². The van der Waals surface area contributed by atoms with Gasteiger partial charge in [0.15, 0.2) is 0 Å². The summed E-state index contributed by atoms with van der Waals surface area (Å²) < 4.78 is 1.05. The normalized spacial score (nSPS) is 14.2. The minimum absolute atomic E-state index is 0.148. The number of carbonyl (C=O) groups excluding carboxylic acids is 2. The summed E-state index contributed by atoms with van der Waals surface area (Å²) in [5.74, 6) is 0.235. The molecule has 3 amide bonds. The minimum atomic E-state index is -0.148. The van der Waals surface area contributed by atoms with Crippen molar-refractivity contribution in [1.82, 2.24) is 15.5 Å². The molecule has 2 rings (SSSR count). The van der Waals surface area contributed by atoms with Crippen LogP contribution in [0.2, 0.25) is 0 Å². The highest BCUT2D eigenvalue weighted by molar-refractivity contribution is 9.10. The number of nitrogens with zero attached hydrogens (tertiary/aromatic N) is 1. The number of carbonyl (C=O) groups is 2. The second-order valence-electron chi connectivity index (χ2n) is 5.40. The van der Waals surface area contributed by atoms with Crippen molar-refractivity contribution >= 4 is 27.9 Å². The summed E-state index contributed by atoms with van der Waals surface area (Å²) >= 11 is 3.40. The number of likely N-dealkylation sites (tertiary alicyclic amines) is 1. The number of halogens is 1. The summed E-state index contributed by atoms with van der Waals surface area (Å²) in [5, 5.41) is 5.66. The average molecular weight is 368 g/mol.